The van der Waals surface area contributed by atoms with Crippen LogP contribution in [0.3, 0.4) is 0 Å². The van der Waals surface area contributed by atoms with Gasteiger partial charge in [-0.1, -0.05) is 38.1 Å². The Labute approximate surface area is 176 Å². The molecule has 0 saturated carbocycles. The summed E-state index contributed by atoms with van der Waals surface area (Å²) in [4.78, 5) is 6.78. The Balaban J connectivity index is 0.00000338. The van der Waals surface area contributed by atoms with E-state index < -0.39 is 0 Å². The minimum Gasteiger partial charge on any atom is -0.379 e. The molecule has 0 spiro atoms. The van der Waals surface area contributed by atoms with Gasteiger partial charge in [0.05, 0.1) is 6.61 Å². The molecule has 0 unspecified atom stereocenters. The van der Waals surface area contributed by atoms with E-state index in [1.807, 2.05) is 0 Å². The zero-order valence-corrected chi connectivity index (χ0v) is 18.8. The van der Waals surface area contributed by atoms with Gasteiger partial charge in [-0.2, -0.15) is 0 Å². The Morgan fingerprint density at radius 3 is 2.38 bits per heavy atom. The van der Waals surface area contributed by atoms with Crippen LogP contribution >= 0.6 is 24.0 Å². The third-order valence-electron chi connectivity index (χ3n) is 4.30. The van der Waals surface area contributed by atoms with E-state index in [0.717, 1.165) is 32.2 Å². The minimum atomic E-state index is 0. The molecule has 148 valence electrons. The molecule has 1 heterocycles. The van der Waals surface area contributed by atoms with Gasteiger partial charge in [-0.05, 0) is 43.0 Å². The molecule has 2 rings (SSSR count). The van der Waals surface area contributed by atoms with Gasteiger partial charge in [-0.15, -0.1) is 24.0 Å². The Bertz CT molecular complexity index is 513. The van der Waals surface area contributed by atoms with Crippen LogP contribution in [-0.2, 0) is 17.8 Å². The van der Waals surface area contributed by atoms with Crippen LogP contribution < -0.4 is 10.6 Å². The fraction of sp³-hybridized carbons (Fsp3) is 0.650. The summed E-state index contributed by atoms with van der Waals surface area (Å²) in [5.74, 6) is 1.39. The summed E-state index contributed by atoms with van der Waals surface area (Å²) in [6.07, 6.45) is 2.69. The summed E-state index contributed by atoms with van der Waals surface area (Å²) < 4.78 is 5.57. The molecule has 1 saturated heterocycles. The van der Waals surface area contributed by atoms with E-state index in [4.69, 9.17) is 4.74 Å². The highest BCUT2D eigenvalue weighted by Gasteiger charge is 2.11. The molecule has 0 atom stereocenters. The van der Waals surface area contributed by atoms with Crippen molar-refractivity contribution in [1.29, 1.82) is 0 Å². The van der Waals surface area contributed by atoms with Gasteiger partial charge in [0.25, 0.3) is 0 Å². The van der Waals surface area contributed by atoms with Crippen LogP contribution in [0.4, 0.5) is 0 Å². The molecule has 1 aromatic carbocycles. The second kappa shape index (κ2) is 13.3. The first-order valence-corrected chi connectivity index (χ1v) is 9.50. The van der Waals surface area contributed by atoms with Gasteiger partial charge in [0.2, 0.25) is 0 Å². The number of rotatable bonds is 9. The van der Waals surface area contributed by atoms with Gasteiger partial charge in [-0.25, -0.2) is 0 Å². The van der Waals surface area contributed by atoms with E-state index in [1.54, 1.807) is 7.05 Å². The highest BCUT2D eigenvalue weighted by molar-refractivity contribution is 14.0. The zero-order chi connectivity index (χ0) is 17.9. The van der Waals surface area contributed by atoms with Gasteiger partial charge in [0.1, 0.15) is 0 Å². The Hall–Kier alpha value is -0.860. The Kier molecular flexibility index (Phi) is 11.9. The molecule has 1 fully saturated rings. The molecule has 0 amide bonds. The molecule has 0 aliphatic carbocycles. The molecule has 0 bridgehead atoms. The first-order valence-electron chi connectivity index (χ1n) is 9.50. The van der Waals surface area contributed by atoms with Crippen molar-refractivity contribution in [3.63, 3.8) is 0 Å². The summed E-state index contributed by atoms with van der Waals surface area (Å²) in [6, 6.07) is 8.89. The summed E-state index contributed by atoms with van der Waals surface area (Å²) in [7, 11) is 1.80. The predicted molar refractivity (Wildman–Crippen MR) is 120 cm³/mol. The summed E-state index contributed by atoms with van der Waals surface area (Å²) >= 11 is 0. The molecular formula is C20H35IN4O. The monoisotopic (exact) mass is 474 g/mol. The second-order valence-electron chi connectivity index (χ2n) is 7.12. The van der Waals surface area contributed by atoms with E-state index in [-0.39, 0.29) is 24.0 Å². The number of aliphatic imine (C=N–C) groups is 1. The van der Waals surface area contributed by atoms with Crippen molar-refractivity contribution in [2.24, 2.45) is 10.9 Å². The van der Waals surface area contributed by atoms with Gasteiger partial charge in [0, 0.05) is 33.3 Å². The number of hydrogen-bond donors (Lipinski definition) is 2. The van der Waals surface area contributed by atoms with Crippen molar-refractivity contribution in [1.82, 2.24) is 15.5 Å². The zero-order valence-electron chi connectivity index (χ0n) is 16.5. The van der Waals surface area contributed by atoms with Gasteiger partial charge >= 0.3 is 0 Å². The van der Waals surface area contributed by atoms with Crippen LogP contribution in [0.15, 0.2) is 29.3 Å². The molecule has 6 heteroatoms. The van der Waals surface area contributed by atoms with E-state index >= 15 is 0 Å². The third kappa shape index (κ3) is 9.19. The maximum atomic E-state index is 5.57. The lowest BCUT2D eigenvalue weighted by atomic mass is 10.1. The lowest BCUT2D eigenvalue weighted by molar-refractivity contribution is 0.114. The third-order valence-corrected chi connectivity index (χ3v) is 4.30. The Morgan fingerprint density at radius 1 is 1.12 bits per heavy atom. The highest BCUT2D eigenvalue weighted by atomic mass is 127. The molecule has 0 aromatic heterocycles. The molecule has 1 aromatic rings. The normalized spacial score (nSPS) is 15.2. The predicted octanol–water partition coefficient (Wildman–Crippen LogP) is 3.24. The first-order chi connectivity index (χ1) is 12.2. The molecule has 0 radical (unpaired) electrons. The highest BCUT2D eigenvalue weighted by Crippen LogP contribution is 2.13. The molecule has 1 aliphatic heterocycles. The fourth-order valence-electron chi connectivity index (χ4n) is 2.93. The van der Waals surface area contributed by atoms with E-state index in [2.05, 4.69) is 58.6 Å². The second-order valence-corrected chi connectivity index (χ2v) is 7.12. The molecular weight excluding hydrogens is 439 g/mol. The summed E-state index contributed by atoms with van der Waals surface area (Å²) in [6.45, 7) is 10.9. The number of nitrogens with zero attached hydrogens (tertiary/aromatic N) is 2. The van der Waals surface area contributed by atoms with Gasteiger partial charge in [0.15, 0.2) is 5.96 Å². The van der Waals surface area contributed by atoms with Crippen LogP contribution in [0.25, 0.3) is 0 Å². The van der Waals surface area contributed by atoms with Crippen LogP contribution in [0, 0.1) is 5.92 Å². The van der Waals surface area contributed by atoms with Gasteiger partial charge in [-0.3, -0.25) is 9.89 Å². The topological polar surface area (TPSA) is 48.9 Å². The number of likely N-dealkylation sites (tertiary alicyclic amines) is 1. The number of hydrogen-bond acceptors (Lipinski definition) is 3. The summed E-state index contributed by atoms with van der Waals surface area (Å²) in [5.41, 5.74) is 2.67. The lowest BCUT2D eigenvalue weighted by Crippen LogP contribution is -2.38. The number of benzene rings is 1. The number of halogens is 1. The summed E-state index contributed by atoms with van der Waals surface area (Å²) in [5, 5.41) is 6.63. The standard InChI is InChI=1S/C20H34N4O.HI/c1-17(2)16-25-13-10-22-20(21-3)23-14-18-6-8-19(9-7-18)15-24-11-4-5-12-24;/h6-9,17H,4-5,10-16H2,1-3H3,(H2,21,22,23);1H. The van der Waals surface area contributed by atoms with Crippen LogP contribution in [0.2, 0.25) is 0 Å². The van der Waals surface area contributed by atoms with Crippen molar-refractivity contribution < 1.29 is 4.74 Å². The van der Waals surface area contributed by atoms with Crippen molar-refractivity contribution in [2.75, 3.05) is 39.9 Å². The van der Waals surface area contributed by atoms with E-state index in [0.29, 0.717) is 12.5 Å². The fourth-order valence-corrected chi connectivity index (χ4v) is 2.93. The maximum Gasteiger partial charge on any atom is 0.191 e. The van der Waals surface area contributed by atoms with Crippen molar-refractivity contribution in [3.05, 3.63) is 35.4 Å². The van der Waals surface area contributed by atoms with E-state index in [9.17, 15) is 0 Å². The largest absolute Gasteiger partial charge is 0.379 e. The SMILES string of the molecule is CN=C(NCCOCC(C)C)NCc1ccc(CN2CCCC2)cc1.I. The van der Waals surface area contributed by atoms with Crippen molar-refractivity contribution >= 4 is 29.9 Å². The van der Waals surface area contributed by atoms with Crippen molar-refractivity contribution in [2.45, 2.75) is 39.8 Å². The van der Waals surface area contributed by atoms with Gasteiger partial charge < -0.3 is 15.4 Å². The molecule has 5 nitrogen and oxygen atoms in total. The lowest BCUT2D eigenvalue weighted by Gasteiger charge is -2.15. The quantitative estimate of drug-likeness (QED) is 0.250. The minimum absolute atomic E-state index is 0. The smallest absolute Gasteiger partial charge is 0.191 e. The van der Waals surface area contributed by atoms with Crippen LogP contribution in [-0.4, -0.2) is 50.8 Å². The molecule has 1 aliphatic rings. The van der Waals surface area contributed by atoms with Crippen LogP contribution in [0.1, 0.15) is 37.8 Å². The Morgan fingerprint density at radius 2 is 1.77 bits per heavy atom. The number of ether oxygens (including phenoxy) is 1. The first kappa shape index (κ1) is 23.2. The maximum absolute atomic E-state index is 5.57. The van der Waals surface area contributed by atoms with Crippen LogP contribution in [0.5, 0.6) is 0 Å². The van der Waals surface area contributed by atoms with E-state index in [1.165, 1.54) is 37.1 Å². The molecule has 26 heavy (non-hydrogen) atoms. The number of nitrogens with one attached hydrogen (secondary N) is 2. The number of guanidine groups is 1. The average Bonchev–Trinajstić information content (AvgIpc) is 3.11. The van der Waals surface area contributed by atoms with Crippen molar-refractivity contribution in [3.8, 4) is 0 Å². The molecule has 2 N–H and O–H groups in total. The average molecular weight is 474 g/mol.